The first-order valence-corrected chi connectivity index (χ1v) is 8.68. The lowest BCUT2D eigenvalue weighted by molar-refractivity contribution is -0.129. The second-order valence-electron chi connectivity index (χ2n) is 5.60. The molecule has 0 aromatic heterocycles. The summed E-state index contributed by atoms with van der Waals surface area (Å²) in [5, 5.41) is 8.88. The van der Waals surface area contributed by atoms with Crippen LogP contribution >= 0.6 is 11.8 Å². The van der Waals surface area contributed by atoms with Crippen LogP contribution < -0.4 is 0 Å². The summed E-state index contributed by atoms with van der Waals surface area (Å²) < 4.78 is 0. The minimum absolute atomic E-state index is 0.225. The molecule has 0 spiro atoms. The molecular formula is C17H22N2OS. The third-order valence-corrected chi connectivity index (χ3v) is 5.05. The van der Waals surface area contributed by atoms with Crippen molar-refractivity contribution in [1.29, 1.82) is 5.26 Å². The zero-order valence-electron chi connectivity index (χ0n) is 12.5. The maximum absolute atomic E-state index is 12.2. The van der Waals surface area contributed by atoms with E-state index in [4.69, 9.17) is 5.26 Å². The largest absolute Gasteiger partial charge is 0.342 e. The van der Waals surface area contributed by atoms with Gasteiger partial charge in [-0.05, 0) is 30.5 Å². The minimum Gasteiger partial charge on any atom is -0.342 e. The summed E-state index contributed by atoms with van der Waals surface area (Å²) in [5.41, 5.74) is 1.78. The van der Waals surface area contributed by atoms with Crippen LogP contribution in [0.2, 0.25) is 0 Å². The van der Waals surface area contributed by atoms with E-state index < -0.39 is 0 Å². The number of thioether (sulfide) groups is 1. The number of hydrogen-bond donors (Lipinski definition) is 0. The monoisotopic (exact) mass is 302 g/mol. The molecule has 21 heavy (non-hydrogen) atoms. The first kappa shape index (κ1) is 15.9. The Hall–Kier alpha value is -1.47. The van der Waals surface area contributed by atoms with Crippen molar-refractivity contribution in [2.24, 2.45) is 0 Å². The van der Waals surface area contributed by atoms with Crippen LogP contribution in [-0.4, -0.2) is 29.6 Å². The van der Waals surface area contributed by atoms with Gasteiger partial charge in [-0.2, -0.15) is 5.26 Å². The maximum atomic E-state index is 12.2. The number of hydrogen-bond acceptors (Lipinski definition) is 3. The van der Waals surface area contributed by atoms with E-state index in [-0.39, 0.29) is 5.91 Å². The lowest BCUT2D eigenvalue weighted by Gasteiger charge is -2.31. The molecule has 1 aliphatic rings. The molecule has 0 N–H and O–H groups in total. The van der Waals surface area contributed by atoms with Crippen LogP contribution in [0.3, 0.4) is 0 Å². The molecule has 112 valence electrons. The SMILES string of the molecule is CN(C(=O)CSCc1cccc(C#N)c1)C1CCCCC1. The third kappa shape index (κ3) is 4.78. The van der Waals surface area contributed by atoms with E-state index in [9.17, 15) is 4.79 Å². The van der Waals surface area contributed by atoms with Crippen molar-refractivity contribution in [3.05, 3.63) is 35.4 Å². The van der Waals surface area contributed by atoms with Gasteiger partial charge in [-0.25, -0.2) is 0 Å². The van der Waals surface area contributed by atoms with Gasteiger partial charge in [0.1, 0.15) is 0 Å². The molecule has 0 radical (unpaired) electrons. The number of benzene rings is 1. The van der Waals surface area contributed by atoms with Gasteiger partial charge in [0.25, 0.3) is 0 Å². The molecule has 1 amide bonds. The van der Waals surface area contributed by atoms with E-state index in [1.54, 1.807) is 17.8 Å². The number of carbonyl (C=O) groups is 1. The Bertz CT molecular complexity index is 518. The molecule has 0 saturated heterocycles. The van der Waals surface area contributed by atoms with Crippen molar-refractivity contribution in [3.8, 4) is 6.07 Å². The highest BCUT2D eigenvalue weighted by atomic mass is 32.2. The Morgan fingerprint density at radius 1 is 1.38 bits per heavy atom. The van der Waals surface area contributed by atoms with Gasteiger partial charge in [0.05, 0.1) is 17.4 Å². The van der Waals surface area contributed by atoms with Gasteiger partial charge in [0.2, 0.25) is 5.91 Å². The van der Waals surface area contributed by atoms with Gasteiger partial charge >= 0.3 is 0 Å². The molecule has 1 aromatic rings. The molecule has 1 fully saturated rings. The summed E-state index contributed by atoms with van der Waals surface area (Å²) in [6.07, 6.45) is 6.10. The van der Waals surface area contributed by atoms with Crippen molar-refractivity contribution in [2.75, 3.05) is 12.8 Å². The average molecular weight is 302 g/mol. The van der Waals surface area contributed by atoms with E-state index in [0.29, 0.717) is 17.4 Å². The molecule has 0 bridgehead atoms. The smallest absolute Gasteiger partial charge is 0.232 e. The summed E-state index contributed by atoms with van der Waals surface area (Å²) >= 11 is 1.63. The Morgan fingerprint density at radius 2 is 2.14 bits per heavy atom. The first-order chi connectivity index (χ1) is 10.2. The van der Waals surface area contributed by atoms with Gasteiger partial charge in [-0.3, -0.25) is 4.79 Å². The molecular weight excluding hydrogens is 280 g/mol. The summed E-state index contributed by atoms with van der Waals surface area (Å²) in [6.45, 7) is 0. The van der Waals surface area contributed by atoms with Crippen molar-refractivity contribution >= 4 is 17.7 Å². The van der Waals surface area contributed by atoms with Gasteiger partial charge < -0.3 is 4.90 Å². The second kappa shape index (κ2) is 8.09. The van der Waals surface area contributed by atoms with E-state index in [1.165, 1.54) is 19.3 Å². The Kier molecular flexibility index (Phi) is 6.13. The average Bonchev–Trinajstić information content (AvgIpc) is 2.55. The predicted molar refractivity (Wildman–Crippen MR) is 87.0 cm³/mol. The molecule has 1 aromatic carbocycles. The molecule has 0 heterocycles. The lowest BCUT2D eigenvalue weighted by Crippen LogP contribution is -2.39. The Balaban J connectivity index is 1.77. The van der Waals surface area contributed by atoms with E-state index in [2.05, 4.69) is 6.07 Å². The molecule has 1 aliphatic carbocycles. The van der Waals surface area contributed by atoms with Crippen LogP contribution in [0.4, 0.5) is 0 Å². The van der Waals surface area contributed by atoms with Crippen LogP contribution in [0.25, 0.3) is 0 Å². The molecule has 0 unspecified atom stereocenters. The number of carbonyl (C=O) groups excluding carboxylic acids is 1. The fourth-order valence-corrected chi connectivity index (χ4v) is 3.66. The Morgan fingerprint density at radius 3 is 2.86 bits per heavy atom. The molecule has 0 aliphatic heterocycles. The third-order valence-electron chi connectivity index (χ3n) is 4.07. The van der Waals surface area contributed by atoms with Gasteiger partial charge in [-0.1, -0.05) is 31.4 Å². The number of amides is 1. The van der Waals surface area contributed by atoms with Crippen molar-refractivity contribution in [2.45, 2.75) is 43.9 Å². The van der Waals surface area contributed by atoms with Crippen LogP contribution in [0.15, 0.2) is 24.3 Å². The summed E-state index contributed by atoms with van der Waals surface area (Å²) in [4.78, 5) is 14.2. The van der Waals surface area contributed by atoms with Crippen molar-refractivity contribution in [3.63, 3.8) is 0 Å². The van der Waals surface area contributed by atoms with Crippen molar-refractivity contribution in [1.82, 2.24) is 4.90 Å². The Labute approximate surface area is 131 Å². The lowest BCUT2D eigenvalue weighted by atomic mass is 9.94. The molecule has 2 rings (SSSR count). The fraction of sp³-hybridized carbons (Fsp3) is 0.529. The van der Waals surface area contributed by atoms with E-state index in [0.717, 1.165) is 24.2 Å². The molecule has 1 saturated carbocycles. The van der Waals surface area contributed by atoms with Crippen LogP contribution in [0, 0.1) is 11.3 Å². The minimum atomic E-state index is 0.225. The first-order valence-electron chi connectivity index (χ1n) is 7.53. The number of nitrogens with zero attached hydrogens (tertiary/aromatic N) is 2. The number of rotatable bonds is 5. The van der Waals surface area contributed by atoms with Crippen molar-refractivity contribution < 1.29 is 4.79 Å². The second-order valence-corrected chi connectivity index (χ2v) is 6.59. The zero-order valence-corrected chi connectivity index (χ0v) is 13.4. The zero-order chi connectivity index (χ0) is 15.1. The van der Waals surface area contributed by atoms with Crippen LogP contribution in [-0.2, 0) is 10.5 Å². The quantitative estimate of drug-likeness (QED) is 0.835. The van der Waals surface area contributed by atoms with Gasteiger partial charge in [-0.15, -0.1) is 11.8 Å². The topological polar surface area (TPSA) is 44.1 Å². The van der Waals surface area contributed by atoms with E-state index >= 15 is 0 Å². The highest BCUT2D eigenvalue weighted by molar-refractivity contribution is 7.99. The summed E-state index contributed by atoms with van der Waals surface area (Å²) in [5.74, 6) is 1.52. The van der Waals surface area contributed by atoms with Gasteiger partial charge in [0.15, 0.2) is 0 Å². The fourth-order valence-electron chi connectivity index (χ4n) is 2.76. The van der Waals surface area contributed by atoms with Gasteiger partial charge in [0, 0.05) is 18.8 Å². The highest BCUT2D eigenvalue weighted by Gasteiger charge is 2.21. The molecule has 3 nitrogen and oxygen atoms in total. The molecule has 0 atom stereocenters. The summed E-state index contributed by atoms with van der Waals surface area (Å²) in [7, 11) is 1.94. The molecule has 4 heteroatoms. The van der Waals surface area contributed by atoms with E-state index in [1.807, 2.05) is 30.1 Å². The predicted octanol–water partition coefficient (Wildman–Crippen LogP) is 3.58. The van der Waals surface area contributed by atoms with Crippen LogP contribution in [0.5, 0.6) is 0 Å². The highest BCUT2D eigenvalue weighted by Crippen LogP contribution is 2.22. The number of nitriles is 1. The van der Waals surface area contributed by atoms with Crippen LogP contribution in [0.1, 0.15) is 43.2 Å². The maximum Gasteiger partial charge on any atom is 0.232 e. The normalized spacial score (nSPS) is 15.4. The summed E-state index contributed by atoms with van der Waals surface area (Å²) in [6, 6.07) is 10.2. The standard InChI is InChI=1S/C17H22N2OS/c1-19(16-8-3-2-4-9-16)17(20)13-21-12-15-7-5-6-14(10-15)11-18/h5-7,10,16H,2-4,8-9,12-13H2,1H3.